The van der Waals surface area contributed by atoms with Crippen molar-refractivity contribution in [3.05, 3.63) is 126 Å². The van der Waals surface area contributed by atoms with E-state index in [-0.39, 0.29) is 10.9 Å². The SMILES string of the molecule is CCOc1c2ccccc2c(OCC)c2cc(Sc3ccc([S+](c4ccc(C)cc4)c4ccc(C)cc4)cc3)ccc12. The standard InChI is InChI=1S/C38H35O2S2/c1-5-39-37-33-9-7-8-10-34(33)38(40-6-2)36-25-29(17-24-35(36)37)41-28-15-22-32(23-16-28)42(30-18-11-26(3)12-19-30)31-20-13-27(4)14-21-31/h7-25H,5-6H2,1-4H3/q+1. The van der Waals surface area contributed by atoms with Crippen molar-refractivity contribution in [1.82, 2.24) is 0 Å². The molecule has 0 N–H and O–H groups in total. The highest BCUT2D eigenvalue weighted by molar-refractivity contribution is 7.99. The van der Waals surface area contributed by atoms with Gasteiger partial charge in [-0.3, -0.25) is 0 Å². The van der Waals surface area contributed by atoms with E-state index < -0.39 is 0 Å². The van der Waals surface area contributed by atoms with Crippen LogP contribution in [0.25, 0.3) is 21.5 Å². The van der Waals surface area contributed by atoms with Crippen molar-refractivity contribution in [3.8, 4) is 11.5 Å². The van der Waals surface area contributed by atoms with Crippen LogP contribution in [0.5, 0.6) is 11.5 Å². The molecule has 6 rings (SSSR count). The Morgan fingerprint density at radius 3 is 1.43 bits per heavy atom. The molecule has 0 spiro atoms. The molecule has 0 aliphatic heterocycles. The Morgan fingerprint density at radius 2 is 0.929 bits per heavy atom. The molecule has 0 unspecified atom stereocenters. The molecular weight excluding hydrogens is 553 g/mol. The van der Waals surface area contributed by atoms with Crippen LogP contribution in [-0.4, -0.2) is 13.2 Å². The van der Waals surface area contributed by atoms with Crippen LogP contribution in [0, 0.1) is 13.8 Å². The predicted molar refractivity (Wildman–Crippen MR) is 179 cm³/mol. The van der Waals surface area contributed by atoms with Crippen molar-refractivity contribution >= 4 is 44.2 Å². The van der Waals surface area contributed by atoms with Crippen LogP contribution in [0.4, 0.5) is 0 Å². The molecule has 0 bridgehead atoms. The second-order valence-electron chi connectivity index (χ2n) is 10.3. The van der Waals surface area contributed by atoms with Gasteiger partial charge in [0.05, 0.1) is 24.1 Å². The summed E-state index contributed by atoms with van der Waals surface area (Å²) < 4.78 is 12.4. The Bertz CT molecular complexity index is 1780. The third-order valence-electron chi connectivity index (χ3n) is 7.28. The minimum absolute atomic E-state index is 0.168. The lowest BCUT2D eigenvalue weighted by Gasteiger charge is -2.17. The highest BCUT2D eigenvalue weighted by Crippen LogP contribution is 2.45. The molecule has 0 aromatic heterocycles. The van der Waals surface area contributed by atoms with E-state index in [1.165, 1.54) is 35.6 Å². The lowest BCUT2D eigenvalue weighted by molar-refractivity contribution is 0.342. The van der Waals surface area contributed by atoms with E-state index in [1.807, 2.05) is 13.8 Å². The van der Waals surface area contributed by atoms with Gasteiger partial charge in [0.2, 0.25) is 0 Å². The maximum atomic E-state index is 6.25. The minimum atomic E-state index is -0.168. The number of aryl methyl sites for hydroxylation is 2. The quantitative estimate of drug-likeness (QED) is 0.124. The zero-order valence-corrected chi connectivity index (χ0v) is 26.1. The molecule has 0 radical (unpaired) electrons. The number of hydrogen-bond donors (Lipinski definition) is 0. The second kappa shape index (κ2) is 12.6. The highest BCUT2D eigenvalue weighted by Gasteiger charge is 2.28. The van der Waals surface area contributed by atoms with Gasteiger partial charge in [-0.15, -0.1) is 0 Å². The summed E-state index contributed by atoms with van der Waals surface area (Å²) in [6.45, 7) is 9.58. The van der Waals surface area contributed by atoms with Gasteiger partial charge in [-0.2, -0.15) is 0 Å². The van der Waals surface area contributed by atoms with E-state index in [1.54, 1.807) is 11.8 Å². The molecule has 0 fully saturated rings. The van der Waals surface area contributed by atoms with Crippen LogP contribution in [0.15, 0.2) is 140 Å². The molecule has 0 aliphatic carbocycles. The number of rotatable bonds is 9. The lowest BCUT2D eigenvalue weighted by Crippen LogP contribution is -2.04. The van der Waals surface area contributed by atoms with Crippen LogP contribution < -0.4 is 9.47 Å². The van der Waals surface area contributed by atoms with Gasteiger partial charge in [0.15, 0.2) is 14.7 Å². The van der Waals surface area contributed by atoms with Crippen LogP contribution in [-0.2, 0) is 10.9 Å². The molecule has 2 nitrogen and oxygen atoms in total. The largest absolute Gasteiger partial charge is 0.493 e. The molecule has 6 aromatic rings. The molecule has 0 amide bonds. The van der Waals surface area contributed by atoms with Gasteiger partial charge in [0.25, 0.3) is 0 Å². The van der Waals surface area contributed by atoms with E-state index in [2.05, 4.69) is 129 Å². The first-order valence-corrected chi connectivity index (χ1v) is 16.5. The molecule has 0 heterocycles. The molecule has 0 saturated heterocycles. The maximum absolute atomic E-state index is 6.25. The number of benzene rings is 6. The Kier molecular flexibility index (Phi) is 8.46. The maximum Gasteiger partial charge on any atom is 0.166 e. The van der Waals surface area contributed by atoms with Crippen molar-refractivity contribution in [1.29, 1.82) is 0 Å². The normalized spacial score (nSPS) is 11.4. The van der Waals surface area contributed by atoms with E-state index in [0.29, 0.717) is 13.2 Å². The third-order valence-corrected chi connectivity index (χ3v) is 10.5. The fraction of sp³-hybridized carbons (Fsp3) is 0.158. The summed E-state index contributed by atoms with van der Waals surface area (Å²) in [5.41, 5.74) is 2.56. The van der Waals surface area contributed by atoms with Gasteiger partial charge in [-0.05, 0) is 94.4 Å². The summed E-state index contributed by atoms with van der Waals surface area (Å²) in [7, 11) is -0.168. The summed E-state index contributed by atoms with van der Waals surface area (Å²) in [5, 5.41) is 4.34. The number of ether oxygens (including phenoxy) is 2. The van der Waals surface area contributed by atoms with Crippen LogP contribution in [0.2, 0.25) is 0 Å². The number of hydrogen-bond acceptors (Lipinski definition) is 3. The average Bonchev–Trinajstić information content (AvgIpc) is 3.01. The van der Waals surface area contributed by atoms with Crippen LogP contribution >= 0.6 is 11.8 Å². The summed E-state index contributed by atoms with van der Waals surface area (Å²) in [6, 6.07) is 42.0. The summed E-state index contributed by atoms with van der Waals surface area (Å²) in [4.78, 5) is 6.36. The molecule has 6 aromatic carbocycles. The molecule has 0 saturated carbocycles. The molecule has 42 heavy (non-hydrogen) atoms. The van der Waals surface area contributed by atoms with E-state index >= 15 is 0 Å². The highest BCUT2D eigenvalue weighted by atomic mass is 32.2. The van der Waals surface area contributed by atoms with Gasteiger partial charge < -0.3 is 9.47 Å². The van der Waals surface area contributed by atoms with Crippen molar-refractivity contribution in [3.63, 3.8) is 0 Å². The average molecular weight is 588 g/mol. The van der Waals surface area contributed by atoms with Gasteiger partial charge in [0, 0.05) is 31.3 Å². The Morgan fingerprint density at radius 1 is 0.500 bits per heavy atom. The summed E-state index contributed by atoms with van der Waals surface area (Å²) >= 11 is 1.78. The van der Waals surface area contributed by atoms with E-state index in [9.17, 15) is 0 Å². The summed E-state index contributed by atoms with van der Waals surface area (Å²) in [6.07, 6.45) is 0. The zero-order chi connectivity index (χ0) is 29.1. The molecule has 0 aliphatic rings. The van der Waals surface area contributed by atoms with Crippen molar-refractivity contribution in [2.24, 2.45) is 0 Å². The van der Waals surface area contributed by atoms with Gasteiger partial charge >= 0.3 is 0 Å². The Hall–Kier alpha value is -3.86. The molecule has 4 heteroatoms. The third kappa shape index (κ3) is 5.74. The predicted octanol–water partition coefficient (Wildman–Crippen LogP) is 10.7. The van der Waals surface area contributed by atoms with Gasteiger partial charge in [-0.25, -0.2) is 0 Å². The first-order chi connectivity index (χ1) is 20.6. The molecule has 0 atom stereocenters. The van der Waals surface area contributed by atoms with E-state index in [4.69, 9.17) is 9.47 Å². The van der Waals surface area contributed by atoms with Crippen molar-refractivity contribution in [2.75, 3.05) is 13.2 Å². The lowest BCUT2D eigenvalue weighted by atomic mass is 10.0. The van der Waals surface area contributed by atoms with Crippen LogP contribution in [0.1, 0.15) is 25.0 Å². The summed E-state index contributed by atoms with van der Waals surface area (Å²) in [5.74, 6) is 1.84. The molecular formula is C38H35O2S2+. The topological polar surface area (TPSA) is 18.5 Å². The monoisotopic (exact) mass is 587 g/mol. The first kappa shape index (κ1) is 28.3. The van der Waals surface area contributed by atoms with E-state index in [0.717, 1.165) is 33.0 Å². The van der Waals surface area contributed by atoms with Gasteiger partial charge in [-0.1, -0.05) is 71.4 Å². The zero-order valence-electron chi connectivity index (χ0n) is 24.5. The van der Waals surface area contributed by atoms with Crippen LogP contribution in [0.3, 0.4) is 0 Å². The van der Waals surface area contributed by atoms with Crippen molar-refractivity contribution in [2.45, 2.75) is 52.2 Å². The minimum Gasteiger partial charge on any atom is -0.493 e. The fourth-order valence-electron chi connectivity index (χ4n) is 5.28. The Balaban J connectivity index is 1.36. The van der Waals surface area contributed by atoms with Gasteiger partial charge in [0.1, 0.15) is 11.5 Å². The Labute approximate surface area is 256 Å². The second-order valence-corrected chi connectivity index (χ2v) is 13.5. The number of fused-ring (bicyclic) bond motifs is 2. The van der Waals surface area contributed by atoms with Crippen molar-refractivity contribution < 1.29 is 9.47 Å². The smallest absolute Gasteiger partial charge is 0.166 e. The molecule has 210 valence electrons. The fourth-order valence-corrected chi connectivity index (χ4v) is 8.18. The first-order valence-electron chi connectivity index (χ1n) is 14.4.